The molecule has 1 aliphatic heterocycles. The number of ether oxygens (including phenoxy) is 1. The van der Waals surface area contributed by atoms with Crippen molar-refractivity contribution >= 4 is 11.6 Å². The molecule has 1 saturated heterocycles. The van der Waals surface area contributed by atoms with E-state index >= 15 is 0 Å². The standard InChI is InChI=1S/C26H31N5O/c1-3-14-31-15-12-20(13-16-31)17-28-26-24(25(27)29-18-30-26)21-6-10-23(11-7-21)32-22-8-4-19(2)5-9-22/h3-11,18,20H,1,12-17H2,2H3,(H3,27,28,29,30). The molecule has 1 aliphatic rings. The van der Waals surface area contributed by atoms with Gasteiger partial charge in [0.2, 0.25) is 0 Å². The highest BCUT2D eigenvalue weighted by Gasteiger charge is 2.19. The van der Waals surface area contributed by atoms with Gasteiger partial charge in [0.05, 0.1) is 5.56 Å². The summed E-state index contributed by atoms with van der Waals surface area (Å²) in [5, 5.41) is 3.53. The van der Waals surface area contributed by atoms with Crippen LogP contribution in [0.25, 0.3) is 11.1 Å². The number of piperidine rings is 1. The quantitative estimate of drug-likeness (QED) is 0.483. The van der Waals surface area contributed by atoms with Gasteiger partial charge in [0.1, 0.15) is 29.5 Å². The van der Waals surface area contributed by atoms with Gasteiger partial charge >= 0.3 is 0 Å². The Morgan fingerprint density at radius 3 is 2.38 bits per heavy atom. The molecule has 3 aromatic rings. The zero-order valence-electron chi connectivity index (χ0n) is 18.6. The minimum absolute atomic E-state index is 0.468. The number of rotatable bonds is 8. The van der Waals surface area contributed by atoms with Crippen LogP contribution in [0.15, 0.2) is 67.5 Å². The molecule has 2 aromatic carbocycles. The zero-order chi connectivity index (χ0) is 22.3. The van der Waals surface area contributed by atoms with Crippen LogP contribution in [0, 0.1) is 12.8 Å². The van der Waals surface area contributed by atoms with Crippen LogP contribution in [0.3, 0.4) is 0 Å². The van der Waals surface area contributed by atoms with Gasteiger partial charge in [-0.25, -0.2) is 9.97 Å². The molecule has 0 radical (unpaired) electrons. The van der Waals surface area contributed by atoms with Gasteiger partial charge in [-0.05, 0) is 68.6 Å². The summed E-state index contributed by atoms with van der Waals surface area (Å²) in [6.45, 7) is 9.96. The summed E-state index contributed by atoms with van der Waals surface area (Å²) in [7, 11) is 0. The molecule has 2 heterocycles. The Morgan fingerprint density at radius 2 is 1.72 bits per heavy atom. The van der Waals surface area contributed by atoms with E-state index in [4.69, 9.17) is 10.5 Å². The summed E-state index contributed by atoms with van der Waals surface area (Å²) in [4.78, 5) is 11.1. The molecule has 166 valence electrons. The molecule has 0 bridgehead atoms. The molecule has 0 spiro atoms. The molecule has 1 aromatic heterocycles. The van der Waals surface area contributed by atoms with Gasteiger partial charge in [0.25, 0.3) is 0 Å². The van der Waals surface area contributed by atoms with E-state index in [-0.39, 0.29) is 0 Å². The van der Waals surface area contributed by atoms with E-state index in [2.05, 4.69) is 33.7 Å². The molecular weight excluding hydrogens is 398 g/mol. The second kappa shape index (κ2) is 10.3. The molecule has 6 nitrogen and oxygen atoms in total. The van der Waals surface area contributed by atoms with Crippen molar-refractivity contribution in [2.75, 3.05) is 37.2 Å². The Hall–Kier alpha value is -3.38. The van der Waals surface area contributed by atoms with Gasteiger partial charge in [-0.1, -0.05) is 35.9 Å². The van der Waals surface area contributed by atoms with E-state index in [0.717, 1.165) is 54.6 Å². The topological polar surface area (TPSA) is 76.3 Å². The minimum atomic E-state index is 0.468. The molecule has 0 atom stereocenters. The van der Waals surface area contributed by atoms with Crippen LogP contribution in [0.4, 0.5) is 11.6 Å². The van der Waals surface area contributed by atoms with E-state index in [9.17, 15) is 0 Å². The number of nitrogens with zero attached hydrogens (tertiary/aromatic N) is 3. The number of aryl methyl sites for hydroxylation is 1. The number of likely N-dealkylation sites (tertiary alicyclic amines) is 1. The number of benzene rings is 2. The number of nitrogen functional groups attached to an aromatic ring is 1. The molecule has 4 rings (SSSR count). The van der Waals surface area contributed by atoms with Crippen LogP contribution in [0.5, 0.6) is 11.5 Å². The van der Waals surface area contributed by atoms with Crippen LogP contribution >= 0.6 is 0 Å². The highest BCUT2D eigenvalue weighted by molar-refractivity contribution is 5.83. The van der Waals surface area contributed by atoms with E-state index < -0.39 is 0 Å². The van der Waals surface area contributed by atoms with Crippen LogP contribution in [0.1, 0.15) is 18.4 Å². The SMILES string of the molecule is C=CCN1CCC(CNc2ncnc(N)c2-c2ccc(Oc3ccc(C)cc3)cc2)CC1. The van der Waals surface area contributed by atoms with E-state index in [1.165, 1.54) is 24.7 Å². The van der Waals surface area contributed by atoms with Gasteiger partial charge < -0.3 is 15.8 Å². The molecule has 1 fully saturated rings. The largest absolute Gasteiger partial charge is 0.457 e. The number of hydrogen-bond donors (Lipinski definition) is 2. The highest BCUT2D eigenvalue weighted by Crippen LogP contribution is 2.33. The lowest BCUT2D eigenvalue weighted by Gasteiger charge is -2.31. The fourth-order valence-electron chi connectivity index (χ4n) is 4.05. The first-order valence-corrected chi connectivity index (χ1v) is 11.1. The summed E-state index contributed by atoms with van der Waals surface area (Å²) >= 11 is 0. The Morgan fingerprint density at radius 1 is 1.06 bits per heavy atom. The van der Waals surface area contributed by atoms with Gasteiger partial charge in [0.15, 0.2) is 0 Å². The average Bonchev–Trinajstić information content (AvgIpc) is 2.81. The lowest BCUT2D eigenvalue weighted by Crippen LogP contribution is -2.35. The van der Waals surface area contributed by atoms with Crippen molar-refractivity contribution in [3.8, 4) is 22.6 Å². The average molecular weight is 430 g/mol. The molecule has 0 saturated carbocycles. The predicted octanol–water partition coefficient (Wildman–Crippen LogP) is 5.14. The van der Waals surface area contributed by atoms with Crippen LogP contribution < -0.4 is 15.8 Å². The first kappa shape index (κ1) is 21.8. The smallest absolute Gasteiger partial charge is 0.139 e. The normalized spacial score (nSPS) is 14.8. The van der Waals surface area contributed by atoms with Crippen LogP contribution in [-0.2, 0) is 0 Å². The third kappa shape index (κ3) is 5.45. The first-order valence-electron chi connectivity index (χ1n) is 11.1. The monoisotopic (exact) mass is 429 g/mol. The number of nitrogens with one attached hydrogen (secondary N) is 1. The third-order valence-electron chi connectivity index (χ3n) is 5.93. The van der Waals surface area contributed by atoms with E-state index in [1.807, 2.05) is 54.6 Å². The molecule has 6 heteroatoms. The number of aromatic nitrogens is 2. The first-order chi connectivity index (χ1) is 15.6. The summed E-state index contributed by atoms with van der Waals surface area (Å²) in [5.74, 6) is 3.44. The maximum atomic E-state index is 6.25. The van der Waals surface area contributed by atoms with Gasteiger partial charge in [-0.3, -0.25) is 4.90 Å². The summed E-state index contributed by atoms with van der Waals surface area (Å²) in [6.07, 6.45) is 5.83. The fraction of sp³-hybridized carbons (Fsp3) is 0.308. The molecule has 0 unspecified atom stereocenters. The van der Waals surface area contributed by atoms with Gasteiger partial charge in [0, 0.05) is 13.1 Å². The Labute approximate surface area is 190 Å². The number of nitrogens with two attached hydrogens (primary N) is 1. The van der Waals surface area contributed by atoms with Crippen molar-refractivity contribution in [3.63, 3.8) is 0 Å². The predicted molar refractivity (Wildman–Crippen MR) is 131 cm³/mol. The van der Waals surface area contributed by atoms with Crippen molar-refractivity contribution in [1.29, 1.82) is 0 Å². The minimum Gasteiger partial charge on any atom is -0.457 e. The van der Waals surface area contributed by atoms with Crippen molar-refractivity contribution in [1.82, 2.24) is 14.9 Å². The van der Waals surface area contributed by atoms with Crippen molar-refractivity contribution in [2.24, 2.45) is 5.92 Å². The molecule has 32 heavy (non-hydrogen) atoms. The van der Waals surface area contributed by atoms with E-state index in [1.54, 1.807) is 0 Å². The maximum Gasteiger partial charge on any atom is 0.139 e. The second-order valence-corrected chi connectivity index (χ2v) is 8.34. The molecule has 0 amide bonds. The summed E-state index contributed by atoms with van der Waals surface area (Å²) in [5.41, 5.74) is 9.25. The van der Waals surface area contributed by atoms with E-state index in [0.29, 0.717) is 11.7 Å². The van der Waals surface area contributed by atoms with Crippen molar-refractivity contribution < 1.29 is 4.74 Å². The Balaban J connectivity index is 1.43. The maximum absolute atomic E-state index is 6.25. The summed E-state index contributed by atoms with van der Waals surface area (Å²) in [6, 6.07) is 15.9. The lowest BCUT2D eigenvalue weighted by molar-refractivity contribution is 0.207. The summed E-state index contributed by atoms with van der Waals surface area (Å²) < 4.78 is 5.95. The third-order valence-corrected chi connectivity index (χ3v) is 5.93. The second-order valence-electron chi connectivity index (χ2n) is 8.34. The van der Waals surface area contributed by atoms with Gasteiger partial charge in [-0.15, -0.1) is 6.58 Å². The van der Waals surface area contributed by atoms with Gasteiger partial charge in [-0.2, -0.15) is 0 Å². The van der Waals surface area contributed by atoms with Crippen LogP contribution in [0.2, 0.25) is 0 Å². The van der Waals surface area contributed by atoms with Crippen LogP contribution in [-0.4, -0.2) is 41.0 Å². The molecule has 0 aliphatic carbocycles. The Kier molecular flexibility index (Phi) is 7.02. The zero-order valence-corrected chi connectivity index (χ0v) is 18.6. The molecular formula is C26H31N5O. The lowest BCUT2D eigenvalue weighted by atomic mass is 9.96. The van der Waals surface area contributed by atoms with Crippen molar-refractivity contribution in [3.05, 3.63) is 73.1 Å². The highest BCUT2D eigenvalue weighted by atomic mass is 16.5. The number of hydrogen-bond acceptors (Lipinski definition) is 6. The number of anilines is 2. The fourth-order valence-corrected chi connectivity index (χ4v) is 4.05. The molecule has 3 N–H and O–H groups in total. The Bertz CT molecular complexity index is 1030. The van der Waals surface area contributed by atoms with Crippen molar-refractivity contribution in [2.45, 2.75) is 19.8 Å².